The Hall–Kier alpha value is -2.32. The fourth-order valence-electron chi connectivity index (χ4n) is 2.04. The molecule has 0 bridgehead atoms. The SMILES string of the molecule is COc1ccc(CS(=O)c2ccc(C)cc2N)cc1C#N. The van der Waals surface area contributed by atoms with Crippen molar-refractivity contribution in [1.29, 1.82) is 5.26 Å². The van der Waals surface area contributed by atoms with Crippen molar-refractivity contribution in [2.24, 2.45) is 0 Å². The Bertz CT molecular complexity index is 736. The van der Waals surface area contributed by atoms with Gasteiger partial charge in [0.05, 0.1) is 34.1 Å². The number of ether oxygens (including phenoxy) is 1. The number of methoxy groups -OCH3 is 1. The molecule has 0 saturated carbocycles. The predicted octanol–water partition coefficient (Wildman–Crippen LogP) is 2.77. The van der Waals surface area contributed by atoms with Gasteiger partial charge in [-0.25, -0.2) is 0 Å². The number of nitriles is 1. The number of hydrogen-bond donors (Lipinski definition) is 1. The van der Waals surface area contributed by atoms with Gasteiger partial charge in [-0.15, -0.1) is 0 Å². The Morgan fingerprint density at radius 3 is 2.67 bits per heavy atom. The van der Waals surface area contributed by atoms with E-state index in [1.54, 1.807) is 18.2 Å². The van der Waals surface area contributed by atoms with Crippen LogP contribution in [-0.2, 0) is 16.6 Å². The summed E-state index contributed by atoms with van der Waals surface area (Å²) >= 11 is 0. The third kappa shape index (κ3) is 3.41. The van der Waals surface area contributed by atoms with E-state index in [9.17, 15) is 4.21 Å². The topological polar surface area (TPSA) is 76.1 Å². The molecule has 0 aliphatic rings. The van der Waals surface area contributed by atoms with Crippen LogP contribution in [0, 0.1) is 18.3 Å². The van der Waals surface area contributed by atoms with Crippen molar-refractivity contribution in [1.82, 2.24) is 0 Å². The second-order valence-corrected chi connectivity index (χ2v) is 6.10. The van der Waals surface area contributed by atoms with Gasteiger partial charge in [0.2, 0.25) is 0 Å². The fourth-order valence-corrected chi connectivity index (χ4v) is 3.22. The molecule has 0 heterocycles. The normalized spacial score (nSPS) is 11.7. The fraction of sp³-hybridized carbons (Fsp3) is 0.188. The molecule has 2 aromatic carbocycles. The van der Waals surface area contributed by atoms with Gasteiger partial charge in [0.1, 0.15) is 11.8 Å². The predicted molar refractivity (Wildman–Crippen MR) is 83.4 cm³/mol. The van der Waals surface area contributed by atoms with Gasteiger partial charge in [0.15, 0.2) is 0 Å². The van der Waals surface area contributed by atoms with E-state index < -0.39 is 10.8 Å². The molecule has 2 N–H and O–H groups in total. The van der Waals surface area contributed by atoms with Crippen LogP contribution in [0.5, 0.6) is 5.75 Å². The number of nitrogens with two attached hydrogens (primary N) is 1. The second-order valence-electron chi connectivity index (χ2n) is 4.68. The number of hydrogen-bond acceptors (Lipinski definition) is 4. The zero-order valence-corrected chi connectivity index (χ0v) is 12.7. The minimum Gasteiger partial charge on any atom is -0.495 e. The molecule has 5 heteroatoms. The lowest BCUT2D eigenvalue weighted by Gasteiger charge is -2.08. The Morgan fingerprint density at radius 2 is 2.05 bits per heavy atom. The summed E-state index contributed by atoms with van der Waals surface area (Å²) in [7, 11) is 0.267. The van der Waals surface area contributed by atoms with Gasteiger partial charge in [-0.05, 0) is 42.3 Å². The van der Waals surface area contributed by atoms with Crippen LogP contribution in [0.25, 0.3) is 0 Å². The van der Waals surface area contributed by atoms with Crippen LogP contribution >= 0.6 is 0 Å². The summed E-state index contributed by atoms with van der Waals surface area (Å²) < 4.78 is 17.5. The Morgan fingerprint density at radius 1 is 1.29 bits per heavy atom. The first-order valence-corrected chi connectivity index (χ1v) is 7.68. The first-order chi connectivity index (χ1) is 10.0. The molecule has 0 saturated heterocycles. The van der Waals surface area contributed by atoms with E-state index in [2.05, 4.69) is 6.07 Å². The van der Waals surface area contributed by atoms with Crippen LogP contribution in [0.3, 0.4) is 0 Å². The average Bonchev–Trinajstić information content (AvgIpc) is 2.46. The molecular formula is C16H16N2O2S. The molecule has 0 spiro atoms. The number of nitrogen functional groups attached to an aromatic ring is 1. The lowest BCUT2D eigenvalue weighted by atomic mass is 10.1. The lowest BCUT2D eigenvalue weighted by Crippen LogP contribution is -2.02. The van der Waals surface area contributed by atoms with Crippen LogP contribution < -0.4 is 10.5 Å². The molecule has 1 unspecified atom stereocenters. The highest BCUT2D eigenvalue weighted by atomic mass is 32.2. The highest BCUT2D eigenvalue weighted by Gasteiger charge is 2.11. The van der Waals surface area contributed by atoms with Gasteiger partial charge in [-0.2, -0.15) is 5.26 Å². The maximum Gasteiger partial charge on any atom is 0.136 e. The number of nitrogens with zero attached hydrogens (tertiary/aromatic N) is 1. The van der Waals surface area contributed by atoms with Gasteiger partial charge in [-0.3, -0.25) is 4.21 Å². The van der Waals surface area contributed by atoms with Crippen LogP contribution in [0.1, 0.15) is 16.7 Å². The largest absolute Gasteiger partial charge is 0.495 e. The number of aryl methyl sites for hydroxylation is 1. The highest BCUT2D eigenvalue weighted by Crippen LogP contribution is 2.23. The average molecular weight is 300 g/mol. The van der Waals surface area contributed by atoms with Crippen molar-refractivity contribution in [2.45, 2.75) is 17.6 Å². The van der Waals surface area contributed by atoms with E-state index in [4.69, 9.17) is 15.7 Å². The second kappa shape index (κ2) is 6.42. The van der Waals surface area contributed by atoms with Crippen molar-refractivity contribution in [3.63, 3.8) is 0 Å². The van der Waals surface area contributed by atoms with Crippen molar-refractivity contribution in [3.8, 4) is 11.8 Å². The van der Waals surface area contributed by atoms with Crippen LogP contribution in [0.15, 0.2) is 41.3 Å². The standard InChI is InChI=1S/C16H16N2O2S/c1-11-3-6-16(14(18)7-11)21(19)10-12-4-5-15(20-2)13(8-12)9-17/h3-8H,10,18H2,1-2H3. The van der Waals surface area contributed by atoms with E-state index >= 15 is 0 Å². The summed E-state index contributed by atoms with van der Waals surface area (Å²) in [6.45, 7) is 1.94. The molecule has 1 atom stereocenters. The van der Waals surface area contributed by atoms with Gasteiger partial charge in [0.25, 0.3) is 0 Å². The maximum absolute atomic E-state index is 12.4. The lowest BCUT2D eigenvalue weighted by molar-refractivity contribution is 0.413. The first-order valence-electron chi connectivity index (χ1n) is 6.36. The molecule has 0 radical (unpaired) electrons. The summed E-state index contributed by atoms with van der Waals surface area (Å²) in [5.74, 6) is 0.827. The molecule has 0 fully saturated rings. The van der Waals surface area contributed by atoms with E-state index in [1.165, 1.54) is 7.11 Å². The Kier molecular flexibility index (Phi) is 4.61. The quantitative estimate of drug-likeness (QED) is 0.881. The molecule has 0 aliphatic heterocycles. The summed E-state index contributed by atoms with van der Waals surface area (Å²) in [6, 6.07) is 12.8. The van der Waals surface area contributed by atoms with Crippen molar-refractivity contribution >= 4 is 16.5 Å². The Labute approximate surface area is 126 Å². The number of anilines is 1. The summed E-state index contributed by atoms with van der Waals surface area (Å²) in [5.41, 5.74) is 8.72. The summed E-state index contributed by atoms with van der Waals surface area (Å²) in [6.07, 6.45) is 0. The maximum atomic E-state index is 12.4. The van der Waals surface area contributed by atoms with E-state index in [-0.39, 0.29) is 0 Å². The zero-order valence-electron chi connectivity index (χ0n) is 11.9. The zero-order chi connectivity index (χ0) is 15.4. The van der Waals surface area contributed by atoms with Gasteiger partial charge in [-0.1, -0.05) is 12.1 Å². The van der Waals surface area contributed by atoms with Crippen LogP contribution in [0.2, 0.25) is 0 Å². The van der Waals surface area contributed by atoms with Gasteiger partial charge >= 0.3 is 0 Å². The van der Waals surface area contributed by atoms with E-state index in [1.807, 2.05) is 25.1 Å². The molecule has 2 rings (SSSR count). The molecule has 0 amide bonds. The minimum atomic E-state index is -1.25. The highest BCUT2D eigenvalue weighted by molar-refractivity contribution is 7.84. The van der Waals surface area contributed by atoms with Crippen LogP contribution in [0.4, 0.5) is 5.69 Å². The number of benzene rings is 2. The van der Waals surface area contributed by atoms with Crippen LogP contribution in [-0.4, -0.2) is 11.3 Å². The molecule has 4 nitrogen and oxygen atoms in total. The van der Waals surface area contributed by atoms with Gasteiger partial charge in [0, 0.05) is 5.69 Å². The third-order valence-corrected chi connectivity index (χ3v) is 4.55. The first kappa shape index (κ1) is 15.1. The van der Waals surface area contributed by atoms with Crippen molar-refractivity contribution < 1.29 is 8.95 Å². The van der Waals surface area contributed by atoms with Crippen molar-refractivity contribution in [3.05, 3.63) is 53.1 Å². The molecule has 108 valence electrons. The number of rotatable bonds is 4. The molecule has 0 aliphatic carbocycles. The Balaban J connectivity index is 2.26. The molecule has 21 heavy (non-hydrogen) atoms. The smallest absolute Gasteiger partial charge is 0.136 e. The summed E-state index contributed by atoms with van der Waals surface area (Å²) in [5, 5.41) is 9.07. The summed E-state index contributed by atoms with van der Waals surface area (Å²) in [4.78, 5) is 0.620. The molecule has 2 aromatic rings. The van der Waals surface area contributed by atoms with Crippen molar-refractivity contribution in [2.75, 3.05) is 12.8 Å². The third-order valence-electron chi connectivity index (χ3n) is 3.09. The van der Waals surface area contributed by atoms with E-state index in [0.717, 1.165) is 11.1 Å². The molecule has 0 aromatic heterocycles. The van der Waals surface area contributed by atoms with E-state index in [0.29, 0.717) is 27.6 Å². The van der Waals surface area contributed by atoms with Gasteiger partial charge < -0.3 is 10.5 Å². The monoisotopic (exact) mass is 300 g/mol. The molecular weight excluding hydrogens is 284 g/mol. The minimum absolute atomic E-state index is 0.311.